The Hall–Kier alpha value is -5.97. The summed E-state index contributed by atoms with van der Waals surface area (Å²) in [5, 5.41) is 26.0. The molecule has 6 aromatic carbocycles. The number of anilines is 6. The third-order valence-electron chi connectivity index (χ3n) is 9.56. The van der Waals surface area contributed by atoms with E-state index in [0.29, 0.717) is 0 Å². The second-order valence-corrected chi connectivity index (χ2v) is 19.3. The maximum absolute atomic E-state index is 14.2. The second-order valence-electron chi connectivity index (χ2n) is 12.9. The zero-order chi connectivity index (χ0) is 40.4. The summed E-state index contributed by atoms with van der Waals surface area (Å²) in [6.07, 6.45) is 0. The molecule has 0 aromatic heterocycles. The van der Waals surface area contributed by atoms with E-state index in [1.165, 1.54) is 74.5 Å². The van der Waals surface area contributed by atoms with E-state index in [0.717, 1.165) is 32.9 Å². The maximum atomic E-state index is 14.2. The highest BCUT2D eigenvalue weighted by atomic mass is 32.2. The highest BCUT2D eigenvalue weighted by Crippen LogP contribution is 2.50. The van der Waals surface area contributed by atoms with Gasteiger partial charge in [-0.1, -0.05) is 12.1 Å². The number of hydrogen-bond donors (Lipinski definition) is 6. The number of hydrogen-bond acceptors (Lipinski definition) is 11. The molecule has 2 amide bonds. The van der Waals surface area contributed by atoms with E-state index in [1.807, 2.05) is 0 Å². The van der Waals surface area contributed by atoms with Gasteiger partial charge in [0.05, 0.1) is 43.9 Å². The van der Waals surface area contributed by atoms with Gasteiger partial charge in [0, 0.05) is 10.8 Å². The number of rotatable bonds is 6. The van der Waals surface area contributed by atoms with E-state index < -0.39 is 65.9 Å². The molecule has 288 valence electrons. The van der Waals surface area contributed by atoms with Crippen molar-refractivity contribution >= 4 is 102 Å². The van der Waals surface area contributed by atoms with Crippen LogP contribution in [0, 0.1) is 13.8 Å². The van der Waals surface area contributed by atoms with Crippen molar-refractivity contribution in [1.82, 2.24) is 0 Å². The molecule has 4 bridgehead atoms. The number of benzene rings is 6. The summed E-state index contributed by atoms with van der Waals surface area (Å²) in [5.74, 6) is -0.512. The number of carbonyl (C=O) groups is 1. The van der Waals surface area contributed by atoms with E-state index in [1.54, 1.807) is 0 Å². The van der Waals surface area contributed by atoms with E-state index in [9.17, 15) is 57.8 Å². The Labute approximate surface area is 318 Å². The number of nitrogens with zero attached hydrogens (tertiary/aromatic N) is 2. The molecule has 0 radical (unpaired) electrons. The molecule has 56 heavy (non-hydrogen) atoms. The van der Waals surface area contributed by atoms with E-state index in [4.69, 9.17) is 0 Å². The Balaban J connectivity index is 1.18. The number of urea groups is 1. The van der Waals surface area contributed by atoms with Gasteiger partial charge >= 0.3 is 6.03 Å². The van der Waals surface area contributed by atoms with Gasteiger partial charge in [0.1, 0.15) is 21.3 Å². The third-order valence-corrected chi connectivity index (χ3v) is 14.8. The minimum absolute atomic E-state index is 0.0176. The van der Waals surface area contributed by atoms with E-state index in [-0.39, 0.29) is 78.3 Å². The van der Waals surface area contributed by atoms with Crippen molar-refractivity contribution in [3.63, 3.8) is 0 Å². The normalized spacial score (nSPS) is 15.4. The monoisotopic (exact) mass is 838 g/mol. The van der Waals surface area contributed by atoms with Crippen molar-refractivity contribution in [3.8, 4) is 11.5 Å². The first-order valence-corrected chi connectivity index (χ1v) is 21.8. The Morgan fingerprint density at radius 2 is 0.929 bits per heavy atom. The first-order valence-electron chi connectivity index (χ1n) is 16.0. The number of fused-ring (bicyclic) bond motifs is 8. The molecule has 4 aliphatic rings. The van der Waals surface area contributed by atoms with Gasteiger partial charge in [0.25, 0.3) is 40.3 Å². The van der Waals surface area contributed by atoms with Crippen LogP contribution in [-0.2, 0) is 40.3 Å². The van der Waals surface area contributed by atoms with Crippen LogP contribution in [0.25, 0.3) is 21.5 Å². The molecule has 0 unspecified atom stereocenters. The second kappa shape index (κ2) is 12.0. The molecule has 0 spiro atoms. The van der Waals surface area contributed by atoms with Crippen molar-refractivity contribution in [3.05, 3.63) is 96.1 Å². The number of nitrogens with one attached hydrogen (secondary N) is 2. The zero-order valence-corrected chi connectivity index (χ0v) is 31.8. The fourth-order valence-electron chi connectivity index (χ4n) is 7.00. The minimum atomic E-state index is -4.82. The average Bonchev–Trinajstić information content (AvgIpc) is 3.09. The van der Waals surface area contributed by atoms with Crippen LogP contribution in [0.1, 0.15) is 11.1 Å². The molecule has 6 aromatic rings. The molecular weight excluding hydrogens is 813 g/mol. The van der Waals surface area contributed by atoms with Crippen LogP contribution in [0.5, 0.6) is 11.5 Å². The maximum Gasteiger partial charge on any atom is 0.323 e. The van der Waals surface area contributed by atoms with E-state index in [2.05, 4.69) is 10.6 Å². The third kappa shape index (κ3) is 5.58. The molecule has 17 nitrogen and oxygen atoms in total. The molecule has 0 atom stereocenters. The molecule has 10 rings (SSSR count). The van der Waals surface area contributed by atoms with Crippen molar-refractivity contribution < 1.29 is 57.8 Å². The van der Waals surface area contributed by atoms with Gasteiger partial charge in [-0.3, -0.25) is 9.11 Å². The molecule has 0 fully saturated rings. The van der Waals surface area contributed by atoms with Gasteiger partial charge in [0.15, 0.2) is 0 Å². The highest BCUT2D eigenvalue weighted by molar-refractivity contribution is 7.94. The Morgan fingerprint density at radius 1 is 0.554 bits per heavy atom. The van der Waals surface area contributed by atoms with Crippen molar-refractivity contribution in [1.29, 1.82) is 0 Å². The lowest BCUT2D eigenvalue weighted by molar-refractivity contribution is 0.262. The van der Waals surface area contributed by atoms with Crippen molar-refractivity contribution in [2.75, 3.05) is 19.2 Å². The Bertz CT molecular complexity index is 3050. The minimum Gasteiger partial charge on any atom is -0.508 e. The van der Waals surface area contributed by atoms with Crippen LogP contribution in [0.4, 0.5) is 38.9 Å². The van der Waals surface area contributed by atoms with Crippen LogP contribution in [0.2, 0.25) is 0 Å². The smallest absolute Gasteiger partial charge is 0.323 e. The number of phenols is 2. The molecule has 6 N–H and O–H groups in total. The van der Waals surface area contributed by atoms with Gasteiger partial charge < -0.3 is 20.8 Å². The summed E-state index contributed by atoms with van der Waals surface area (Å²) in [5.41, 5.74) is -0.437. The van der Waals surface area contributed by atoms with E-state index >= 15 is 0 Å². The van der Waals surface area contributed by atoms with Gasteiger partial charge in [-0.15, -0.1) is 0 Å². The average molecular weight is 839 g/mol. The number of amides is 2. The molecule has 21 heteroatoms. The first-order chi connectivity index (χ1) is 26.1. The molecule has 4 aliphatic heterocycles. The summed E-state index contributed by atoms with van der Waals surface area (Å²) < 4.78 is 127. The molecular formula is C35H26N4O13S4. The molecule has 4 heterocycles. The summed E-state index contributed by atoms with van der Waals surface area (Å²) in [6.45, 7) is 2.96. The van der Waals surface area contributed by atoms with Crippen LogP contribution in [0.3, 0.4) is 0 Å². The van der Waals surface area contributed by atoms with Gasteiger partial charge in [-0.2, -0.15) is 16.8 Å². The van der Waals surface area contributed by atoms with Gasteiger partial charge in [-0.25, -0.2) is 30.2 Å². The van der Waals surface area contributed by atoms with Crippen LogP contribution in [-0.4, -0.2) is 59.0 Å². The number of sulfonamides is 2. The van der Waals surface area contributed by atoms with Gasteiger partial charge in [0.2, 0.25) is 0 Å². The topological polar surface area (TPSA) is 265 Å². The summed E-state index contributed by atoms with van der Waals surface area (Å²) in [4.78, 5) is 11.6. The predicted molar refractivity (Wildman–Crippen MR) is 205 cm³/mol. The molecule has 0 aliphatic carbocycles. The van der Waals surface area contributed by atoms with Crippen LogP contribution < -0.4 is 19.2 Å². The lowest BCUT2D eigenvalue weighted by atomic mass is 10.1. The molecule has 0 saturated heterocycles. The van der Waals surface area contributed by atoms with Gasteiger partial charge in [-0.05, 0) is 109 Å². The van der Waals surface area contributed by atoms with Crippen LogP contribution in [0.15, 0.2) is 105 Å². The molecule has 0 saturated carbocycles. The quantitative estimate of drug-likeness (QED) is 0.108. The first kappa shape index (κ1) is 37.0. The Kier molecular flexibility index (Phi) is 7.93. The summed E-state index contributed by atoms with van der Waals surface area (Å²) in [7, 11) is -18.9. The lowest BCUT2D eigenvalue weighted by Crippen LogP contribution is -2.35. The summed E-state index contributed by atoms with van der Waals surface area (Å²) >= 11 is 0. The predicted octanol–water partition coefficient (Wildman–Crippen LogP) is 5.84. The number of carbonyl (C=O) groups excluding carboxylic acids is 1. The SMILES string of the molecule is Cc1c2ccc(c1NC(=O)Nc1c3ccc(c1C)N(c1cc(S(=O)(=O)O)cc4ccc(O)cc14)S3(=O)=O)S(=O)(=O)N2c1cc(S(=O)(=O)O)cc2ccc(O)cc12. The summed E-state index contributed by atoms with van der Waals surface area (Å²) in [6, 6.07) is 15.9. The Morgan fingerprint density at radius 3 is 1.29 bits per heavy atom. The lowest BCUT2D eigenvalue weighted by Gasteiger charge is -2.35. The fourth-order valence-corrected chi connectivity index (χ4v) is 11.6. The number of phenolic OH excluding ortho intramolecular Hbond substituents is 2. The largest absolute Gasteiger partial charge is 0.508 e. The number of aromatic hydroxyl groups is 2. The standard InChI is InChI=1S/C35H26N4O13S4/c1-17-27-7-9-31(53(43,44)38(27)29-15-23(55(47,48)49)11-19-3-5-21(40)13-25(19)29)33(17)36-35(42)37-34-18(2)28-8-10-32(34)54(45,46)39(28)30-16-24(56(50,51)52)12-20-4-6-22(41)14-26(20)30/h3-16,40-41H,1-2H3,(H2,36,37,42)(H,47,48,49)(H,50,51,52). The van der Waals surface area contributed by atoms with Crippen molar-refractivity contribution in [2.45, 2.75) is 33.4 Å². The van der Waals surface area contributed by atoms with Crippen LogP contribution >= 0.6 is 0 Å². The fraction of sp³-hybridized carbons (Fsp3) is 0.0571. The van der Waals surface area contributed by atoms with Crippen molar-refractivity contribution in [2.24, 2.45) is 0 Å². The highest BCUT2D eigenvalue weighted by Gasteiger charge is 2.41. The zero-order valence-electron chi connectivity index (χ0n) is 28.6.